The van der Waals surface area contributed by atoms with Gasteiger partial charge in [0.05, 0.1) is 20.8 Å². The third-order valence-corrected chi connectivity index (χ3v) is 3.73. The van der Waals surface area contributed by atoms with E-state index in [9.17, 15) is 14.4 Å². The second-order valence-corrected chi connectivity index (χ2v) is 5.47. The molecule has 0 heterocycles. The zero-order valence-corrected chi connectivity index (χ0v) is 13.5. The topological polar surface area (TPSA) is 114 Å². The first-order valence-electron chi connectivity index (χ1n) is 7.48. The smallest absolute Gasteiger partial charge is 0.326 e. The first-order valence-corrected chi connectivity index (χ1v) is 7.48. The predicted octanol–water partition coefficient (Wildman–Crippen LogP) is 0.413. The lowest BCUT2D eigenvalue weighted by molar-refractivity contribution is -0.142. The summed E-state index contributed by atoms with van der Waals surface area (Å²) in [5.74, 6) is -1.20. The molecule has 1 aromatic rings. The van der Waals surface area contributed by atoms with E-state index in [4.69, 9.17) is 14.6 Å². The van der Waals surface area contributed by atoms with E-state index in [1.807, 2.05) is 0 Å². The number of nitrogens with one attached hydrogen (secondary N) is 2. The third kappa shape index (κ3) is 4.37. The van der Waals surface area contributed by atoms with Crippen molar-refractivity contribution in [2.75, 3.05) is 20.8 Å². The first kappa shape index (κ1) is 17.6. The largest absolute Gasteiger partial charge is 0.493 e. The summed E-state index contributed by atoms with van der Waals surface area (Å²) in [6.45, 7) is -0.302. The molecule has 0 radical (unpaired) electrons. The molecule has 0 bridgehead atoms. The Labute approximate surface area is 139 Å². The predicted molar refractivity (Wildman–Crippen MR) is 84.2 cm³/mol. The standard InChI is InChI=1S/C16H20N2O6/c1-23-11-6-5-10(7-12(11)24-2)15(20)17-8-13(19)18-14(16(21)22)9-3-4-9/h5-7,9,14H,3-4,8H2,1-2H3,(H,17,20)(H,18,19)(H,21,22). The lowest BCUT2D eigenvalue weighted by Gasteiger charge is -2.14. The molecule has 24 heavy (non-hydrogen) atoms. The van der Waals surface area contributed by atoms with E-state index in [1.165, 1.54) is 20.3 Å². The maximum absolute atomic E-state index is 12.1. The van der Waals surface area contributed by atoms with Gasteiger partial charge in [-0.3, -0.25) is 9.59 Å². The molecule has 1 aromatic carbocycles. The van der Waals surface area contributed by atoms with Gasteiger partial charge in [-0.05, 0) is 37.0 Å². The highest BCUT2D eigenvalue weighted by molar-refractivity contribution is 5.97. The number of rotatable bonds is 8. The number of amides is 2. The Morgan fingerprint density at radius 3 is 2.42 bits per heavy atom. The fraction of sp³-hybridized carbons (Fsp3) is 0.438. The van der Waals surface area contributed by atoms with Gasteiger partial charge in [0.2, 0.25) is 5.91 Å². The van der Waals surface area contributed by atoms with E-state index in [0.29, 0.717) is 17.1 Å². The number of ether oxygens (including phenoxy) is 2. The number of carbonyl (C=O) groups is 3. The Morgan fingerprint density at radius 2 is 1.88 bits per heavy atom. The minimum Gasteiger partial charge on any atom is -0.493 e. The van der Waals surface area contributed by atoms with Gasteiger partial charge in [0, 0.05) is 5.56 Å². The molecular formula is C16H20N2O6. The van der Waals surface area contributed by atoms with E-state index in [2.05, 4.69) is 10.6 Å². The lowest BCUT2D eigenvalue weighted by atomic mass is 10.2. The van der Waals surface area contributed by atoms with Crippen LogP contribution in [0.15, 0.2) is 18.2 Å². The highest BCUT2D eigenvalue weighted by Gasteiger charge is 2.37. The van der Waals surface area contributed by atoms with Crippen molar-refractivity contribution in [1.29, 1.82) is 0 Å². The number of carboxylic acid groups (broad SMARTS) is 1. The summed E-state index contributed by atoms with van der Waals surface area (Å²) < 4.78 is 10.2. The summed E-state index contributed by atoms with van der Waals surface area (Å²) in [7, 11) is 2.94. The molecule has 0 spiro atoms. The van der Waals surface area contributed by atoms with Gasteiger partial charge in [0.15, 0.2) is 11.5 Å². The van der Waals surface area contributed by atoms with Crippen LogP contribution in [0.25, 0.3) is 0 Å². The molecule has 3 N–H and O–H groups in total. The maximum Gasteiger partial charge on any atom is 0.326 e. The molecule has 0 aromatic heterocycles. The van der Waals surface area contributed by atoms with Crippen LogP contribution in [0, 0.1) is 5.92 Å². The van der Waals surface area contributed by atoms with Crippen molar-refractivity contribution in [3.05, 3.63) is 23.8 Å². The van der Waals surface area contributed by atoms with Crippen LogP contribution >= 0.6 is 0 Å². The molecule has 0 aliphatic heterocycles. The zero-order valence-electron chi connectivity index (χ0n) is 13.5. The van der Waals surface area contributed by atoms with Crippen LogP contribution in [0.4, 0.5) is 0 Å². The van der Waals surface area contributed by atoms with Gasteiger partial charge in [0.25, 0.3) is 5.91 Å². The van der Waals surface area contributed by atoms with Crippen molar-refractivity contribution in [1.82, 2.24) is 10.6 Å². The van der Waals surface area contributed by atoms with Crippen molar-refractivity contribution in [3.63, 3.8) is 0 Å². The van der Waals surface area contributed by atoms with Crippen molar-refractivity contribution in [3.8, 4) is 11.5 Å². The second-order valence-electron chi connectivity index (χ2n) is 5.47. The molecule has 1 atom stereocenters. The van der Waals surface area contributed by atoms with E-state index in [1.54, 1.807) is 12.1 Å². The summed E-state index contributed by atoms with van der Waals surface area (Å²) in [5, 5.41) is 13.9. The van der Waals surface area contributed by atoms with Crippen LogP contribution in [0.3, 0.4) is 0 Å². The first-order chi connectivity index (χ1) is 11.5. The Balaban J connectivity index is 1.90. The van der Waals surface area contributed by atoms with Gasteiger partial charge < -0.3 is 25.2 Å². The molecule has 2 amide bonds. The molecular weight excluding hydrogens is 316 g/mol. The minimum absolute atomic E-state index is 0.0204. The summed E-state index contributed by atoms with van der Waals surface area (Å²) in [5.41, 5.74) is 0.303. The van der Waals surface area contributed by atoms with Crippen molar-refractivity contribution >= 4 is 17.8 Å². The average Bonchev–Trinajstić information content (AvgIpc) is 3.41. The molecule has 0 saturated heterocycles. The Bertz CT molecular complexity index is 641. The zero-order chi connectivity index (χ0) is 17.7. The van der Waals surface area contributed by atoms with Gasteiger partial charge in [-0.1, -0.05) is 0 Å². The quantitative estimate of drug-likeness (QED) is 0.634. The number of methoxy groups -OCH3 is 2. The van der Waals surface area contributed by atoms with Crippen LogP contribution in [0.5, 0.6) is 11.5 Å². The van der Waals surface area contributed by atoms with Gasteiger partial charge in [-0.25, -0.2) is 4.79 Å². The monoisotopic (exact) mass is 336 g/mol. The molecule has 1 fully saturated rings. The third-order valence-electron chi connectivity index (χ3n) is 3.73. The molecule has 8 heteroatoms. The van der Waals surface area contributed by atoms with Crippen LogP contribution in [-0.4, -0.2) is 49.7 Å². The van der Waals surface area contributed by atoms with Gasteiger partial charge in [0.1, 0.15) is 6.04 Å². The molecule has 2 rings (SSSR count). The van der Waals surface area contributed by atoms with Crippen molar-refractivity contribution in [2.45, 2.75) is 18.9 Å². The van der Waals surface area contributed by atoms with E-state index in [0.717, 1.165) is 12.8 Å². The maximum atomic E-state index is 12.1. The molecule has 8 nitrogen and oxygen atoms in total. The van der Waals surface area contributed by atoms with Crippen LogP contribution < -0.4 is 20.1 Å². The minimum atomic E-state index is -1.06. The summed E-state index contributed by atoms with van der Waals surface area (Å²) in [4.78, 5) is 35.0. The fourth-order valence-electron chi connectivity index (χ4n) is 2.28. The van der Waals surface area contributed by atoms with Crippen molar-refractivity contribution < 1.29 is 29.0 Å². The molecule has 1 aliphatic rings. The number of benzene rings is 1. The van der Waals surface area contributed by atoms with E-state index < -0.39 is 23.8 Å². The van der Waals surface area contributed by atoms with Crippen LogP contribution in [0.2, 0.25) is 0 Å². The molecule has 1 saturated carbocycles. The molecule has 1 unspecified atom stereocenters. The normalized spacial score (nSPS) is 14.4. The lowest BCUT2D eigenvalue weighted by Crippen LogP contribution is -2.46. The second kappa shape index (κ2) is 7.67. The summed E-state index contributed by atoms with van der Waals surface area (Å²) in [6, 6.07) is 3.73. The number of hydrogen-bond donors (Lipinski definition) is 3. The highest BCUT2D eigenvalue weighted by Crippen LogP contribution is 2.32. The number of carbonyl (C=O) groups excluding carboxylic acids is 2. The van der Waals surface area contributed by atoms with E-state index in [-0.39, 0.29) is 12.5 Å². The van der Waals surface area contributed by atoms with Crippen LogP contribution in [-0.2, 0) is 9.59 Å². The van der Waals surface area contributed by atoms with Crippen molar-refractivity contribution in [2.24, 2.45) is 5.92 Å². The molecule has 130 valence electrons. The summed E-state index contributed by atoms with van der Waals surface area (Å²) in [6.07, 6.45) is 1.57. The Hall–Kier alpha value is -2.77. The Morgan fingerprint density at radius 1 is 1.21 bits per heavy atom. The van der Waals surface area contributed by atoms with Crippen LogP contribution in [0.1, 0.15) is 23.2 Å². The number of hydrogen-bond acceptors (Lipinski definition) is 5. The van der Waals surface area contributed by atoms with Gasteiger partial charge in [-0.2, -0.15) is 0 Å². The van der Waals surface area contributed by atoms with E-state index >= 15 is 0 Å². The fourth-order valence-corrected chi connectivity index (χ4v) is 2.28. The SMILES string of the molecule is COc1ccc(C(=O)NCC(=O)NC(C(=O)O)C2CC2)cc1OC. The number of carboxylic acids is 1. The summed E-state index contributed by atoms with van der Waals surface area (Å²) >= 11 is 0. The average molecular weight is 336 g/mol. The molecule has 1 aliphatic carbocycles. The highest BCUT2D eigenvalue weighted by atomic mass is 16.5. The van der Waals surface area contributed by atoms with Gasteiger partial charge >= 0.3 is 5.97 Å². The van der Waals surface area contributed by atoms with Gasteiger partial charge in [-0.15, -0.1) is 0 Å². The number of aliphatic carboxylic acids is 1. The Kier molecular flexibility index (Phi) is 5.62.